The highest BCUT2D eigenvalue weighted by Gasteiger charge is 2.36. The quantitative estimate of drug-likeness (QED) is 0.598. The third-order valence-electron chi connectivity index (χ3n) is 6.71. The molecule has 0 amide bonds. The van der Waals surface area contributed by atoms with Gasteiger partial charge in [0.2, 0.25) is 0 Å². The van der Waals surface area contributed by atoms with Gasteiger partial charge in [-0.2, -0.15) is 0 Å². The maximum Gasteiger partial charge on any atom is 0.193 e. The van der Waals surface area contributed by atoms with Crippen LogP contribution in [-0.2, 0) is 14.9 Å². The van der Waals surface area contributed by atoms with Crippen LogP contribution in [0.1, 0.15) is 24.8 Å². The van der Waals surface area contributed by atoms with E-state index in [-0.39, 0.29) is 5.41 Å². The molecule has 1 N–H and O–H groups in total. The first-order chi connectivity index (χ1) is 14.2. The van der Waals surface area contributed by atoms with Gasteiger partial charge in [-0.3, -0.25) is 9.89 Å². The zero-order chi connectivity index (χ0) is 20.1. The highest BCUT2D eigenvalue weighted by atomic mass is 35.5. The molecule has 3 saturated heterocycles. The van der Waals surface area contributed by atoms with E-state index >= 15 is 0 Å². The van der Waals surface area contributed by atoms with E-state index in [1.807, 2.05) is 13.1 Å². The zero-order valence-corrected chi connectivity index (χ0v) is 18.2. The van der Waals surface area contributed by atoms with Crippen molar-refractivity contribution >= 4 is 17.6 Å². The predicted molar refractivity (Wildman–Crippen MR) is 117 cm³/mol. The fraction of sp³-hybridized carbons (Fsp3) is 0.682. The fourth-order valence-corrected chi connectivity index (χ4v) is 5.09. The lowest BCUT2D eigenvalue weighted by Crippen LogP contribution is -2.50. The van der Waals surface area contributed by atoms with Gasteiger partial charge >= 0.3 is 0 Å². The van der Waals surface area contributed by atoms with Crippen LogP contribution < -0.4 is 5.32 Å². The first kappa shape index (κ1) is 20.9. The average Bonchev–Trinajstić information content (AvgIpc) is 3.26. The summed E-state index contributed by atoms with van der Waals surface area (Å²) in [6, 6.07) is 8.91. The van der Waals surface area contributed by atoms with E-state index in [1.165, 1.54) is 12.0 Å². The predicted octanol–water partition coefficient (Wildman–Crippen LogP) is 2.37. The van der Waals surface area contributed by atoms with E-state index in [2.05, 4.69) is 38.3 Å². The molecule has 1 aromatic carbocycles. The normalized spacial score (nSPS) is 25.9. The second kappa shape index (κ2) is 9.65. The molecule has 0 aliphatic carbocycles. The Morgan fingerprint density at radius 1 is 1.17 bits per heavy atom. The molecule has 0 bridgehead atoms. The van der Waals surface area contributed by atoms with Crippen LogP contribution in [0.4, 0.5) is 0 Å². The van der Waals surface area contributed by atoms with Crippen LogP contribution in [0.3, 0.4) is 0 Å². The Balaban J connectivity index is 1.41. The molecule has 7 heteroatoms. The number of likely N-dealkylation sites (tertiary alicyclic amines) is 1. The topological polar surface area (TPSA) is 49.3 Å². The molecule has 3 fully saturated rings. The molecular weight excluding hydrogens is 388 g/mol. The van der Waals surface area contributed by atoms with Gasteiger partial charge in [-0.05, 0) is 37.0 Å². The number of ether oxygens (including phenoxy) is 2. The Morgan fingerprint density at radius 2 is 1.93 bits per heavy atom. The standard InChI is InChI=1S/C22H33ClN4O2/c1-24-21(27-8-5-20(16-27)26-9-13-29-14-10-26)25-17-22(6-11-28-12-7-22)18-3-2-4-19(23)15-18/h2-4,15,20H,5-14,16-17H2,1H3,(H,24,25). The van der Waals surface area contributed by atoms with E-state index in [9.17, 15) is 0 Å². The summed E-state index contributed by atoms with van der Waals surface area (Å²) in [5.41, 5.74) is 1.33. The van der Waals surface area contributed by atoms with E-state index in [4.69, 9.17) is 21.1 Å². The highest BCUT2D eigenvalue weighted by molar-refractivity contribution is 6.30. The minimum absolute atomic E-state index is 0.0302. The van der Waals surface area contributed by atoms with Gasteiger partial charge in [0, 0.05) is 69.5 Å². The Kier molecular flexibility index (Phi) is 6.96. The molecule has 1 unspecified atom stereocenters. The van der Waals surface area contributed by atoms with Crippen LogP contribution >= 0.6 is 11.6 Å². The summed E-state index contributed by atoms with van der Waals surface area (Å²) >= 11 is 6.31. The minimum Gasteiger partial charge on any atom is -0.381 e. The van der Waals surface area contributed by atoms with Gasteiger partial charge in [0.1, 0.15) is 0 Å². The largest absolute Gasteiger partial charge is 0.381 e. The van der Waals surface area contributed by atoms with Gasteiger partial charge in [0.25, 0.3) is 0 Å². The lowest BCUT2D eigenvalue weighted by molar-refractivity contribution is 0.0194. The number of nitrogens with zero attached hydrogens (tertiary/aromatic N) is 3. The summed E-state index contributed by atoms with van der Waals surface area (Å²) < 4.78 is 11.2. The zero-order valence-electron chi connectivity index (χ0n) is 17.4. The Labute approximate surface area is 179 Å². The SMILES string of the molecule is CN=C(NCC1(c2cccc(Cl)c2)CCOCC1)N1CCC(N2CCOCC2)C1. The molecule has 6 nitrogen and oxygen atoms in total. The third-order valence-corrected chi connectivity index (χ3v) is 6.94. The summed E-state index contributed by atoms with van der Waals surface area (Å²) in [5, 5.41) is 4.49. The molecule has 3 aliphatic rings. The number of hydrogen-bond acceptors (Lipinski definition) is 4. The molecular formula is C22H33ClN4O2. The molecule has 160 valence electrons. The number of aliphatic imine (C=N–C) groups is 1. The monoisotopic (exact) mass is 420 g/mol. The van der Waals surface area contributed by atoms with Crippen LogP contribution in [0.5, 0.6) is 0 Å². The van der Waals surface area contributed by atoms with Crippen LogP contribution in [-0.4, -0.2) is 88.0 Å². The van der Waals surface area contributed by atoms with E-state index < -0.39 is 0 Å². The number of hydrogen-bond donors (Lipinski definition) is 1. The maximum absolute atomic E-state index is 6.31. The van der Waals surface area contributed by atoms with Gasteiger partial charge in [0.15, 0.2) is 5.96 Å². The summed E-state index contributed by atoms with van der Waals surface area (Å²) in [6.45, 7) is 8.31. The molecule has 1 atom stereocenters. The third kappa shape index (κ3) is 4.88. The number of rotatable bonds is 4. The fourth-order valence-electron chi connectivity index (χ4n) is 4.90. The van der Waals surface area contributed by atoms with Crippen molar-refractivity contribution in [1.29, 1.82) is 0 Å². The van der Waals surface area contributed by atoms with E-state index in [1.54, 1.807) is 0 Å². The molecule has 0 aromatic heterocycles. The molecule has 1 aromatic rings. The van der Waals surface area contributed by atoms with Crippen LogP contribution in [0, 0.1) is 0 Å². The molecule has 0 saturated carbocycles. The van der Waals surface area contributed by atoms with Crippen LogP contribution in [0.25, 0.3) is 0 Å². The van der Waals surface area contributed by atoms with Gasteiger partial charge in [-0.25, -0.2) is 0 Å². The second-order valence-electron chi connectivity index (χ2n) is 8.34. The van der Waals surface area contributed by atoms with Gasteiger partial charge < -0.3 is 19.7 Å². The summed E-state index contributed by atoms with van der Waals surface area (Å²) in [4.78, 5) is 9.59. The van der Waals surface area contributed by atoms with Crippen molar-refractivity contribution in [3.05, 3.63) is 34.9 Å². The number of halogens is 1. The molecule has 0 radical (unpaired) electrons. The van der Waals surface area contributed by atoms with E-state index in [0.29, 0.717) is 6.04 Å². The van der Waals surface area contributed by atoms with Crippen molar-refractivity contribution in [2.75, 3.05) is 66.2 Å². The van der Waals surface area contributed by atoms with Crippen LogP contribution in [0.2, 0.25) is 5.02 Å². The first-order valence-corrected chi connectivity index (χ1v) is 11.2. The maximum atomic E-state index is 6.31. The van der Waals surface area contributed by atoms with Crippen molar-refractivity contribution in [3.63, 3.8) is 0 Å². The lowest BCUT2D eigenvalue weighted by atomic mass is 9.74. The van der Waals surface area contributed by atoms with Crippen molar-refractivity contribution in [2.24, 2.45) is 4.99 Å². The van der Waals surface area contributed by atoms with E-state index in [0.717, 1.165) is 83.0 Å². The Morgan fingerprint density at radius 3 is 2.66 bits per heavy atom. The second-order valence-corrected chi connectivity index (χ2v) is 8.78. The summed E-state index contributed by atoms with van der Waals surface area (Å²) in [5.74, 6) is 1.01. The smallest absolute Gasteiger partial charge is 0.193 e. The molecule has 3 aliphatic heterocycles. The number of benzene rings is 1. The molecule has 0 spiro atoms. The van der Waals surface area contributed by atoms with Crippen molar-refractivity contribution in [2.45, 2.75) is 30.7 Å². The van der Waals surface area contributed by atoms with Crippen molar-refractivity contribution in [3.8, 4) is 0 Å². The molecule has 3 heterocycles. The molecule has 4 rings (SSSR count). The lowest BCUT2D eigenvalue weighted by Gasteiger charge is -2.39. The Hall–Kier alpha value is -1.34. The highest BCUT2D eigenvalue weighted by Crippen LogP contribution is 2.35. The average molecular weight is 421 g/mol. The summed E-state index contributed by atoms with van der Waals surface area (Å²) in [6.07, 6.45) is 3.18. The minimum atomic E-state index is 0.0302. The van der Waals surface area contributed by atoms with Crippen molar-refractivity contribution in [1.82, 2.24) is 15.1 Å². The van der Waals surface area contributed by atoms with Crippen molar-refractivity contribution < 1.29 is 9.47 Å². The molecule has 29 heavy (non-hydrogen) atoms. The van der Waals surface area contributed by atoms with Gasteiger partial charge in [-0.15, -0.1) is 0 Å². The number of nitrogens with one attached hydrogen (secondary N) is 1. The van der Waals surface area contributed by atoms with Gasteiger partial charge in [0.05, 0.1) is 13.2 Å². The number of morpholine rings is 1. The van der Waals surface area contributed by atoms with Crippen LogP contribution in [0.15, 0.2) is 29.3 Å². The van der Waals surface area contributed by atoms with Gasteiger partial charge in [-0.1, -0.05) is 23.7 Å². The Bertz CT molecular complexity index is 702. The number of guanidine groups is 1. The first-order valence-electron chi connectivity index (χ1n) is 10.8. The summed E-state index contributed by atoms with van der Waals surface area (Å²) in [7, 11) is 1.89.